The second-order valence-electron chi connectivity index (χ2n) is 9.07. The first-order chi connectivity index (χ1) is 14.6. The van der Waals surface area contributed by atoms with Crippen LogP contribution < -0.4 is 16.6 Å². The number of carbonyl (C=O) groups is 1. The van der Waals surface area contributed by atoms with Crippen LogP contribution in [0.2, 0.25) is 0 Å². The quantitative estimate of drug-likeness (QED) is 0.744. The summed E-state index contributed by atoms with van der Waals surface area (Å²) < 4.78 is 1.81. The number of hydrogen-bond acceptors (Lipinski definition) is 4. The van der Waals surface area contributed by atoms with Crippen LogP contribution in [0.5, 0.6) is 0 Å². The fourth-order valence-corrected chi connectivity index (χ4v) is 5.35. The highest BCUT2D eigenvalue weighted by Crippen LogP contribution is 2.30. The van der Waals surface area contributed by atoms with Crippen molar-refractivity contribution < 1.29 is 4.79 Å². The zero-order valence-electron chi connectivity index (χ0n) is 17.8. The van der Waals surface area contributed by atoms with Crippen LogP contribution in [0.25, 0.3) is 11.0 Å². The molecule has 0 bridgehead atoms. The maximum Gasteiger partial charge on any atom is 0.282 e. The fourth-order valence-electron chi connectivity index (χ4n) is 5.35. The van der Waals surface area contributed by atoms with E-state index in [1.165, 1.54) is 51.4 Å². The largest absolute Gasteiger partial charge is 0.364 e. The summed E-state index contributed by atoms with van der Waals surface area (Å²) >= 11 is 0. The summed E-state index contributed by atoms with van der Waals surface area (Å²) in [4.78, 5) is 29.3. The molecule has 2 atom stereocenters. The van der Waals surface area contributed by atoms with Gasteiger partial charge in [0.05, 0.1) is 11.0 Å². The van der Waals surface area contributed by atoms with E-state index in [0.717, 1.165) is 31.2 Å². The van der Waals surface area contributed by atoms with Gasteiger partial charge in [0, 0.05) is 18.1 Å². The number of hydrogen-bond donors (Lipinski definition) is 2. The summed E-state index contributed by atoms with van der Waals surface area (Å²) in [6, 6.07) is 8.61. The van der Waals surface area contributed by atoms with Crippen molar-refractivity contribution in [3.63, 3.8) is 0 Å². The van der Waals surface area contributed by atoms with E-state index in [0.29, 0.717) is 17.6 Å². The minimum absolute atomic E-state index is 0.0528. The zero-order valence-corrected chi connectivity index (χ0v) is 17.8. The average Bonchev–Trinajstić information content (AvgIpc) is 2.94. The van der Waals surface area contributed by atoms with Gasteiger partial charge in [0.1, 0.15) is 0 Å². The molecule has 1 heterocycles. The predicted octanol–water partition coefficient (Wildman–Crippen LogP) is 4.07. The first-order valence-corrected chi connectivity index (χ1v) is 11.7. The van der Waals surface area contributed by atoms with Crippen LogP contribution in [-0.2, 0) is 0 Å². The van der Waals surface area contributed by atoms with Gasteiger partial charge in [-0.3, -0.25) is 9.59 Å². The zero-order chi connectivity index (χ0) is 20.9. The van der Waals surface area contributed by atoms with Crippen LogP contribution in [0, 0.1) is 0 Å². The first kappa shape index (κ1) is 21.0. The third-order valence-electron chi connectivity index (χ3n) is 6.87. The monoisotopic (exact) mass is 410 g/mol. The third-order valence-corrected chi connectivity index (χ3v) is 6.87. The molecular formula is C24H34N4O2. The summed E-state index contributed by atoms with van der Waals surface area (Å²) in [5.41, 5.74) is 6.43. The minimum Gasteiger partial charge on any atom is -0.364 e. The topological polar surface area (TPSA) is 90.0 Å². The van der Waals surface area contributed by atoms with Gasteiger partial charge in [0.15, 0.2) is 5.69 Å². The molecule has 0 unspecified atom stereocenters. The van der Waals surface area contributed by atoms with Gasteiger partial charge in [0.25, 0.3) is 11.5 Å². The summed E-state index contributed by atoms with van der Waals surface area (Å²) in [5, 5.41) is 3.95. The Morgan fingerprint density at radius 2 is 1.57 bits per heavy atom. The lowest BCUT2D eigenvalue weighted by Crippen LogP contribution is -2.41. The van der Waals surface area contributed by atoms with Gasteiger partial charge in [0.2, 0.25) is 0 Å². The molecule has 0 radical (unpaired) electrons. The van der Waals surface area contributed by atoms with Gasteiger partial charge in [-0.15, -0.1) is 0 Å². The molecule has 6 nitrogen and oxygen atoms in total. The van der Waals surface area contributed by atoms with E-state index in [4.69, 9.17) is 5.73 Å². The number of fused-ring (bicyclic) bond motifs is 1. The van der Waals surface area contributed by atoms with Crippen molar-refractivity contribution >= 4 is 16.9 Å². The lowest BCUT2D eigenvalue weighted by molar-refractivity contribution is 0.0993. The first-order valence-electron chi connectivity index (χ1n) is 11.7. The molecule has 4 rings (SSSR count). The Bertz CT molecular complexity index is 930. The van der Waals surface area contributed by atoms with Crippen LogP contribution in [0.1, 0.15) is 93.6 Å². The Morgan fingerprint density at radius 3 is 2.33 bits per heavy atom. The second kappa shape index (κ2) is 9.73. The number of aromatic nitrogens is 2. The molecule has 0 saturated heterocycles. The predicted molar refractivity (Wildman–Crippen MR) is 120 cm³/mol. The van der Waals surface area contributed by atoms with Crippen LogP contribution in [0.3, 0.4) is 0 Å². The lowest BCUT2D eigenvalue weighted by atomic mass is 9.95. The number of carbonyl (C=O) groups excluding carboxylic acids is 1. The van der Waals surface area contributed by atoms with Crippen LogP contribution in [-0.4, -0.2) is 27.5 Å². The average molecular weight is 411 g/mol. The highest BCUT2D eigenvalue weighted by Gasteiger charge is 2.27. The molecule has 1 amide bonds. The molecule has 2 saturated carbocycles. The summed E-state index contributed by atoms with van der Waals surface area (Å²) in [5.74, 6) is -0.752. The molecule has 0 spiro atoms. The molecule has 1 aromatic carbocycles. The van der Waals surface area contributed by atoms with E-state index in [1.807, 2.05) is 24.3 Å². The van der Waals surface area contributed by atoms with Crippen molar-refractivity contribution in [1.29, 1.82) is 0 Å². The molecule has 2 aliphatic carbocycles. The lowest BCUT2D eigenvalue weighted by Gasteiger charge is -2.29. The number of nitrogens with two attached hydrogens (primary N) is 1. The Kier molecular flexibility index (Phi) is 6.82. The number of nitrogens with one attached hydrogen (secondary N) is 1. The molecule has 162 valence electrons. The molecule has 2 fully saturated rings. The highest BCUT2D eigenvalue weighted by molar-refractivity contribution is 5.92. The third kappa shape index (κ3) is 4.75. The molecular weight excluding hydrogens is 376 g/mol. The van der Waals surface area contributed by atoms with E-state index in [9.17, 15) is 9.59 Å². The van der Waals surface area contributed by atoms with E-state index >= 15 is 0 Å². The molecule has 2 aromatic rings. The molecule has 30 heavy (non-hydrogen) atoms. The summed E-state index contributed by atoms with van der Waals surface area (Å²) in [6.45, 7) is 0. The van der Waals surface area contributed by atoms with Crippen molar-refractivity contribution in [2.24, 2.45) is 5.73 Å². The highest BCUT2D eigenvalue weighted by atomic mass is 16.2. The van der Waals surface area contributed by atoms with Gasteiger partial charge < -0.3 is 15.6 Å². The Morgan fingerprint density at radius 1 is 0.933 bits per heavy atom. The maximum absolute atomic E-state index is 13.2. The van der Waals surface area contributed by atoms with E-state index < -0.39 is 5.91 Å². The van der Waals surface area contributed by atoms with E-state index in [2.05, 4.69) is 10.3 Å². The van der Waals surface area contributed by atoms with Crippen molar-refractivity contribution in [2.45, 2.75) is 95.2 Å². The Labute approximate surface area is 178 Å². The summed E-state index contributed by atoms with van der Waals surface area (Å²) in [6.07, 6.45) is 14.4. The fraction of sp³-hybridized carbons (Fsp3) is 0.625. The van der Waals surface area contributed by atoms with Crippen molar-refractivity contribution in [3.05, 3.63) is 40.3 Å². The van der Waals surface area contributed by atoms with Crippen LogP contribution in [0.15, 0.2) is 29.1 Å². The van der Waals surface area contributed by atoms with Crippen LogP contribution in [0.4, 0.5) is 0 Å². The van der Waals surface area contributed by atoms with Gasteiger partial charge >= 0.3 is 0 Å². The number of para-hydroxylation sites is 2. The second-order valence-corrected chi connectivity index (χ2v) is 9.07. The number of rotatable bonds is 4. The van der Waals surface area contributed by atoms with Crippen molar-refractivity contribution in [2.75, 3.05) is 0 Å². The standard InChI is InChI=1S/C24H34N4O2/c25-23(29)22-24(30)28(21-15-9-8-14-20(21)27-22)19-13-7-6-12-18(16-19)26-17-10-4-2-1-3-5-11-17/h8-9,14-15,17-19,26H,1-7,10-13,16H2,(H2,25,29)/t18-,19-/m0/s1. The number of nitrogens with zero attached hydrogens (tertiary/aromatic N) is 2. The van der Waals surface area contributed by atoms with E-state index in [1.54, 1.807) is 4.57 Å². The number of benzene rings is 1. The van der Waals surface area contributed by atoms with Gasteiger partial charge in [-0.1, -0.05) is 57.1 Å². The molecule has 6 heteroatoms. The van der Waals surface area contributed by atoms with Crippen LogP contribution >= 0.6 is 0 Å². The number of amides is 1. The normalized spacial score (nSPS) is 24.1. The molecule has 0 aliphatic heterocycles. The van der Waals surface area contributed by atoms with Crippen molar-refractivity contribution in [1.82, 2.24) is 14.9 Å². The van der Waals surface area contributed by atoms with Gasteiger partial charge in [-0.05, 0) is 44.2 Å². The minimum atomic E-state index is -0.752. The van der Waals surface area contributed by atoms with Gasteiger partial charge in [-0.2, -0.15) is 0 Å². The summed E-state index contributed by atoms with van der Waals surface area (Å²) in [7, 11) is 0. The van der Waals surface area contributed by atoms with Crippen molar-refractivity contribution in [3.8, 4) is 0 Å². The number of primary amides is 1. The maximum atomic E-state index is 13.2. The van der Waals surface area contributed by atoms with Gasteiger partial charge in [-0.25, -0.2) is 4.98 Å². The Hall–Kier alpha value is -2.21. The molecule has 3 N–H and O–H groups in total. The molecule has 2 aliphatic rings. The smallest absolute Gasteiger partial charge is 0.282 e. The van der Waals surface area contributed by atoms with E-state index in [-0.39, 0.29) is 17.3 Å². The Balaban J connectivity index is 1.62. The SMILES string of the molecule is NC(=O)c1nc2ccccc2n([C@H]2CCCC[C@H](NC3CCCCCCC3)C2)c1=O. The molecule has 1 aromatic heterocycles.